The summed E-state index contributed by atoms with van der Waals surface area (Å²) in [5, 5.41) is 7.91. The lowest BCUT2D eigenvalue weighted by molar-refractivity contribution is 0.427. The number of aromatic nitrogens is 2. The molecule has 0 saturated heterocycles. The summed E-state index contributed by atoms with van der Waals surface area (Å²) >= 11 is 0. The molecule has 1 N–H and O–H groups in total. The highest BCUT2D eigenvalue weighted by atomic mass is 15.2. The monoisotopic (exact) mass is 209 g/mol. The fourth-order valence-electron chi connectivity index (χ4n) is 1.58. The fraction of sp³-hybridized carbons (Fsp3) is 0.750. The minimum absolute atomic E-state index is 0.156. The van der Waals surface area contributed by atoms with Crippen molar-refractivity contribution in [2.45, 2.75) is 45.6 Å². The number of hydrogen-bond donors (Lipinski definition) is 1. The van der Waals surface area contributed by atoms with Crippen molar-refractivity contribution in [2.24, 2.45) is 7.05 Å². The van der Waals surface area contributed by atoms with Gasteiger partial charge in [0.1, 0.15) is 0 Å². The van der Waals surface area contributed by atoms with Crippen LogP contribution in [0.2, 0.25) is 0 Å². The molecule has 0 unspecified atom stereocenters. The molecule has 1 aromatic rings. The van der Waals surface area contributed by atoms with E-state index in [4.69, 9.17) is 0 Å². The number of nitrogens with one attached hydrogen (secondary N) is 1. The second kappa shape index (κ2) is 4.79. The van der Waals surface area contributed by atoms with Crippen LogP contribution in [0.25, 0.3) is 0 Å². The summed E-state index contributed by atoms with van der Waals surface area (Å²) in [6, 6.07) is 2.67. The summed E-state index contributed by atoms with van der Waals surface area (Å²) in [6.45, 7) is 9.89. The van der Waals surface area contributed by atoms with Gasteiger partial charge in [-0.3, -0.25) is 4.68 Å². The first-order chi connectivity index (χ1) is 6.92. The third-order valence-electron chi connectivity index (χ3n) is 2.71. The molecule has 1 aromatic heterocycles. The van der Waals surface area contributed by atoms with E-state index in [1.54, 1.807) is 0 Å². The van der Waals surface area contributed by atoms with Gasteiger partial charge in [-0.1, -0.05) is 27.7 Å². The normalized spacial score (nSPS) is 12.4. The van der Waals surface area contributed by atoms with Crippen LogP contribution in [0.3, 0.4) is 0 Å². The second-order valence-electron chi connectivity index (χ2n) is 5.12. The van der Waals surface area contributed by atoms with Gasteiger partial charge in [-0.2, -0.15) is 5.10 Å². The molecule has 0 aromatic carbocycles. The van der Waals surface area contributed by atoms with Crippen LogP contribution >= 0.6 is 0 Å². The number of rotatable bonds is 5. The van der Waals surface area contributed by atoms with Crippen LogP contribution in [-0.4, -0.2) is 22.4 Å². The van der Waals surface area contributed by atoms with Crippen LogP contribution in [0.1, 0.15) is 39.8 Å². The van der Waals surface area contributed by atoms with Crippen molar-refractivity contribution in [2.75, 3.05) is 6.54 Å². The Hall–Kier alpha value is -0.830. The van der Waals surface area contributed by atoms with Crippen LogP contribution in [-0.2, 0) is 12.5 Å². The highest BCUT2D eigenvalue weighted by Crippen LogP contribution is 2.24. The van der Waals surface area contributed by atoms with Crippen molar-refractivity contribution >= 4 is 0 Å². The highest BCUT2D eigenvalue weighted by molar-refractivity contribution is 5.12. The molecule has 0 fully saturated rings. The van der Waals surface area contributed by atoms with E-state index in [2.05, 4.69) is 44.2 Å². The average molecular weight is 209 g/mol. The van der Waals surface area contributed by atoms with Gasteiger partial charge in [-0.15, -0.1) is 0 Å². The Balaban J connectivity index is 2.51. The van der Waals surface area contributed by atoms with Gasteiger partial charge in [0.15, 0.2) is 0 Å². The molecule has 1 heterocycles. The Morgan fingerprint density at radius 2 is 2.13 bits per heavy atom. The zero-order chi connectivity index (χ0) is 11.5. The maximum atomic E-state index is 4.47. The van der Waals surface area contributed by atoms with Gasteiger partial charge >= 0.3 is 0 Å². The number of aryl methyl sites for hydroxylation is 1. The summed E-state index contributed by atoms with van der Waals surface area (Å²) < 4.78 is 1.87. The van der Waals surface area contributed by atoms with Crippen LogP contribution in [0, 0.1) is 0 Å². The van der Waals surface area contributed by atoms with E-state index < -0.39 is 0 Å². The lowest BCUT2D eigenvalue weighted by Crippen LogP contribution is -2.29. The van der Waals surface area contributed by atoms with Crippen LogP contribution < -0.4 is 5.32 Å². The summed E-state index contributed by atoms with van der Waals surface area (Å²) in [5.74, 6) is 0. The molecule has 3 nitrogen and oxygen atoms in total. The molecule has 15 heavy (non-hydrogen) atoms. The first-order valence-corrected chi connectivity index (χ1v) is 5.65. The first kappa shape index (κ1) is 12.2. The van der Waals surface area contributed by atoms with Crippen molar-refractivity contribution in [1.82, 2.24) is 15.1 Å². The van der Waals surface area contributed by atoms with Crippen molar-refractivity contribution in [1.29, 1.82) is 0 Å². The molecule has 0 aliphatic heterocycles. The Morgan fingerprint density at radius 3 is 2.60 bits per heavy atom. The minimum atomic E-state index is 0.156. The molecule has 0 spiro atoms. The maximum absolute atomic E-state index is 4.47. The first-order valence-electron chi connectivity index (χ1n) is 5.65. The second-order valence-corrected chi connectivity index (χ2v) is 5.12. The number of hydrogen-bond acceptors (Lipinski definition) is 2. The quantitative estimate of drug-likeness (QED) is 0.804. The van der Waals surface area contributed by atoms with Crippen molar-refractivity contribution in [3.63, 3.8) is 0 Å². The summed E-state index contributed by atoms with van der Waals surface area (Å²) in [6.07, 6.45) is 3.12. The lowest BCUT2D eigenvalue weighted by atomic mass is 9.86. The van der Waals surface area contributed by atoms with Crippen LogP contribution in [0.15, 0.2) is 12.3 Å². The zero-order valence-electron chi connectivity index (χ0n) is 10.5. The predicted molar refractivity (Wildman–Crippen MR) is 64.0 cm³/mol. The molecule has 3 heteroatoms. The minimum Gasteiger partial charge on any atom is -0.314 e. The van der Waals surface area contributed by atoms with Gasteiger partial charge in [-0.05, 0) is 19.0 Å². The SMILES string of the molecule is CC(C)NCCC(C)(C)c1ccn(C)n1. The van der Waals surface area contributed by atoms with E-state index in [1.807, 2.05) is 17.9 Å². The van der Waals surface area contributed by atoms with Crippen molar-refractivity contribution in [3.05, 3.63) is 18.0 Å². The molecule has 86 valence electrons. The number of nitrogens with zero attached hydrogens (tertiary/aromatic N) is 2. The highest BCUT2D eigenvalue weighted by Gasteiger charge is 2.22. The molecule has 0 amide bonds. The Bertz CT molecular complexity index is 300. The van der Waals surface area contributed by atoms with Crippen LogP contribution in [0.5, 0.6) is 0 Å². The molecule has 0 saturated carbocycles. The van der Waals surface area contributed by atoms with Crippen LogP contribution in [0.4, 0.5) is 0 Å². The average Bonchev–Trinajstić information content (AvgIpc) is 2.51. The maximum Gasteiger partial charge on any atom is 0.0681 e. The predicted octanol–water partition coefficient (Wildman–Crippen LogP) is 2.09. The Kier molecular flexibility index (Phi) is 3.91. The van der Waals surface area contributed by atoms with Crippen molar-refractivity contribution < 1.29 is 0 Å². The largest absolute Gasteiger partial charge is 0.314 e. The van der Waals surface area contributed by atoms with E-state index in [9.17, 15) is 0 Å². The summed E-state index contributed by atoms with van der Waals surface area (Å²) in [7, 11) is 1.96. The van der Waals surface area contributed by atoms with E-state index in [-0.39, 0.29) is 5.41 Å². The third-order valence-corrected chi connectivity index (χ3v) is 2.71. The summed E-state index contributed by atoms with van der Waals surface area (Å²) in [4.78, 5) is 0. The standard InChI is InChI=1S/C12H23N3/c1-10(2)13-8-7-12(3,4)11-6-9-15(5)14-11/h6,9-10,13H,7-8H2,1-5H3. The lowest BCUT2D eigenvalue weighted by Gasteiger charge is -2.23. The van der Waals surface area contributed by atoms with E-state index in [1.165, 1.54) is 5.69 Å². The Labute approximate surface area is 92.9 Å². The molecule has 0 bridgehead atoms. The zero-order valence-corrected chi connectivity index (χ0v) is 10.5. The molecule has 0 atom stereocenters. The molecular weight excluding hydrogens is 186 g/mol. The molecule has 1 rings (SSSR count). The molecule has 0 radical (unpaired) electrons. The molecule has 0 aliphatic carbocycles. The molecular formula is C12H23N3. The van der Waals surface area contributed by atoms with Gasteiger partial charge in [0.05, 0.1) is 5.69 Å². The van der Waals surface area contributed by atoms with Gasteiger partial charge < -0.3 is 5.32 Å². The van der Waals surface area contributed by atoms with Gasteiger partial charge in [0, 0.05) is 24.7 Å². The topological polar surface area (TPSA) is 29.9 Å². The van der Waals surface area contributed by atoms with E-state index >= 15 is 0 Å². The summed E-state index contributed by atoms with van der Waals surface area (Å²) in [5.41, 5.74) is 1.33. The van der Waals surface area contributed by atoms with Crippen molar-refractivity contribution in [3.8, 4) is 0 Å². The van der Waals surface area contributed by atoms with Gasteiger partial charge in [0.25, 0.3) is 0 Å². The smallest absolute Gasteiger partial charge is 0.0681 e. The fourth-order valence-corrected chi connectivity index (χ4v) is 1.58. The van der Waals surface area contributed by atoms with Gasteiger partial charge in [-0.25, -0.2) is 0 Å². The Morgan fingerprint density at radius 1 is 1.47 bits per heavy atom. The van der Waals surface area contributed by atoms with E-state index in [0.29, 0.717) is 6.04 Å². The van der Waals surface area contributed by atoms with E-state index in [0.717, 1.165) is 13.0 Å². The van der Waals surface area contributed by atoms with Gasteiger partial charge in [0.2, 0.25) is 0 Å². The third kappa shape index (κ3) is 3.67. The molecule has 0 aliphatic rings.